The van der Waals surface area contributed by atoms with E-state index in [4.69, 9.17) is 4.98 Å². The summed E-state index contributed by atoms with van der Waals surface area (Å²) in [6, 6.07) is 105. The summed E-state index contributed by atoms with van der Waals surface area (Å²) in [6.45, 7) is 0. The number of thiazole rings is 1. The van der Waals surface area contributed by atoms with Gasteiger partial charge in [0.15, 0.2) is 0 Å². The first kappa shape index (κ1) is 45.7. The highest BCUT2D eigenvalue weighted by Gasteiger charge is 2.35. The molecule has 2 aliphatic carbocycles. The van der Waals surface area contributed by atoms with Crippen molar-refractivity contribution < 1.29 is 0 Å². The fraction of sp³-hybridized carbons (Fsp3) is 0. The molecule has 0 N–H and O–H groups in total. The maximum Gasteiger partial charge on any atom is 0.125 e. The normalized spacial score (nSPS) is 12.0. The molecule has 2 aliphatic rings. The van der Waals surface area contributed by atoms with E-state index in [9.17, 15) is 0 Å². The molecule has 0 atom stereocenters. The zero-order valence-corrected chi connectivity index (χ0v) is 44.8. The first-order valence-electron chi connectivity index (χ1n) is 27.9. The van der Waals surface area contributed by atoms with E-state index in [0.29, 0.717) is 0 Å². The number of benzene rings is 14. The number of aromatic nitrogens is 1. The second-order valence-corrected chi connectivity index (χ2v) is 22.5. The van der Waals surface area contributed by atoms with E-state index < -0.39 is 0 Å². The summed E-state index contributed by atoms with van der Waals surface area (Å²) >= 11 is 1.79. The lowest BCUT2D eigenvalue weighted by Crippen LogP contribution is -1.99. The molecule has 1 aromatic heterocycles. The van der Waals surface area contributed by atoms with Gasteiger partial charge in [-0.3, -0.25) is 0 Å². The third-order valence-electron chi connectivity index (χ3n) is 17.2. The fourth-order valence-corrected chi connectivity index (χ4v) is 15.0. The molecule has 17 rings (SSSR count). The fourth-order valence-electron chi connectivity index (χ4n) is 13.9. The van der Waals surface area contributed by atoms with Crippen LogP contribution in [-0.4, -0.2) is 4.98 Å². The molecule has 1 nitrogen and oxygen atoms in total. The second-order valence-electron chi connectivity index (χ2n) is 21.5. The molecule has 2 heteroatoms. The van der Waals surface area contributed by atoms with Crippen LogP contribution >= 0.6 is 11.3 Å². The van der Waals surface area contributed by atoms with E-state index in [1.54, 1.807) is 11.3 Å². The molecule has 0 aliphatic heterocycles. The Labute approximate surface area is 474 Å². The van der Waals surface area contributed by atoms with Gasteiger partial charge in [-0.2, -0.15) is 0 Å². The number of hydrogen-bond acceptors (Lipinski definition) is 2. The van der Waals surface area contributed by atoms with Gasteiger partial charge < -0.3 is 0 Å². The lowest BCUT2D eigenvalue weighted by Gasteiger charge is -2.26. The van der Waals surface area contributed by atoms with Gasteiger partial charge in [-0.25, -0.2) is 4.98 Å². The number of nitrogens with zero attached hydrogens (tertiary/aromatic N) is 1. The Hall–Kier alpha value is -10.3. The van der Waals surface area contributed by atoms with Crippen LogP contribution in [-0.2, 0) is 0 Å². The summed E-state index contributed by atoms with van der Waals surface area (Å²) in [6.07, 6.45) is 0. The Morgan fingerprint density at radius 1 is 0.210 bits per heavy atom. The largest absolute Gasteiger partial charge is 0.236 e. The molecule has 374 valence electrons. The molecule has 0 saturated carbocycles. The minimum absolute atomic E-state index is 1.01. The molecule has 0 bridgehead atoms. The maximum atomic E-state index is 5.46. The van der Waals surface area contributed by atoms with Crippen molar-refractivity contribution in [1.82, 2.24) is 4.98 Å². The monoisotopic (exact) mass is 1040 g/mol. The lowest BCUT2D eigenvalue weighted by atomic mass is 9.76. The minimum atomic E-state index is 1.01. The quantitative estimate of drug-likeness (QED) is 0.148. The van der Waals surface area contributed by atoms with Gasteiger partial charge >= 0.3 is 0 Å². The number of fused-ring (bicyclic) bond motifs is 8. The van der Waals surface area contributed by atoms with Crippen LogP contribution in [0.15, 0.2) is 285 Å². The summed E-state index contributed by atoms with van der Waals surface area (Å²) < 4.78 is 1.17. The van der Waals surface area contributed by atoms with Gasteiger partial charge in [-0.1, -0.05) is 273 Å². The van der Waals surface area contributed by atoms with Crippen LogP contribution < -0.4 is 0 Å². The molecular weight excluding hydrogens is 995 g/mol. The molecule has 0 amide bonds. The van der Waals surface area contributed by atoms with E-state index in [2.05, 4.69) is 285 Å². The Morgan fingerprint density at radius 3 is 0.963 bits per heavy atom. The van der Waals surface area contributed by atoms with Crippen molar-refractivity contribution in [2.24, 2.45) is 0 Å². The Bertz CT molecular complexity index is 4840. The van der Waals surface area contributed by atoms with Crippen molar-refractivity contribution >= 4 is 53.9 Å². The molecule has 14 aromatic carbocycles. The first-order chi connectivity index (χ1) is 40.2. The highest BCUT2D eigenvalue weighted by Crippen LogP contribution is 2.62. The van der Waals surface area contributed by atoms with Crippen molar-refractivity contribution in [3.63, 3.8) is 0 Å². The highest BCUT2D eigenvalue weighted by molar-refractivity contribution is 7.21. The van der Waals surface area contributed by atoms with E-state index >= 15 is 0 Å². The van der Waals surface area contributed by atoms with Crippen molar-refractivity contribution in [2.45, 2.75) is 0 Å². The van der Waals surface area contributed by atoms with Gasteiger partial charge in [0.2, 0.25) is 0 Å². The predicted octanol–water partition coefficient (Wildman–Crippen LogP) is 22.4. The number of rotatable bonds is 8. The van der Waals surface area contributed by atoms with Gasteiger partial charge in [-0.15, -0.1) is 11.3 Å². The van der Waals surface area contributed by atoms with Crippen LogP contribution in [0.1, 0.15) is 0 Å². The summed E-state index contributed by atoms with van der Waals surface area (Å²) in [4.78, 5) is 5.46. The molecule has 0 saturated heterocycles. The second kappa shape index (κ2) is 18.2. The average Bonchev–Trinajstić information content (AvgIpc) is 3.17. The van der Waals surface area contributed by atoms with Crippen LogP contribution in [0.2, 0.25) is 0 Å². The molecule has 15 aromatic rings. The van der Waals surface area contributed by atoms with Crippen molar-refractivity contribution in [3.8, 4) is 133 Å². The molecule has 0 radical (unpaired) electrons. The molecule has 1 heterocycles. The van der Waals surface area contributed by atoms with Crippen molar-refractivity contribution in [3.05, 3.63) is 285 Å². The van der Waals surface area contributed by atoms with E-state index in [-0.39, 0.29) is 0 Å². The Balaban J connectivity index is 0.853. The third-order valence-corrected chi connectivity index (χ3v) is 18.2. The van der Waals surface area contributed by atoms with E-state index in [1.807, 2.05) is 0 Å². The minimum Gasteiger partial charge on any atom is -0.236 e. The molecule has 0 fully saturated rings. The van der Waals surface area contributed by atoms with Crippen molar-refractivity contribution in [2.75, 3.05) is 0 Å². The van der Waals surface area contributed by atoms with Gasteiger partial charge in [-0.05, 0) is 167 Å². The third kappa shape index (κ3) is 6.88. The highest BCUT2D eigenvalue weighted by atomic mass is 32.1. The van der Waals surface area contributed by atoms with Gasteiger partial charge in [0.25, 0.3) is 0 Å². The zero-order valence-electron chi connectivity index (χ0n) is 44.0. The van der Waals surface area contributed by atoms with Gasteiger partial charge in [0.1, 0.15) is 5.01 Å². The standard InChI is InChI=1S/C79H47NS/c1-7-23-48(24-8-1)67-57-35-19-20-36-58(57)68(49-25-9-2-10-26-49)76-63-45-43-60(59-38-22-39-61(74(59)63)75(67)76)79-80-65-46-41-54(47-66(65)81-79)55-42-44-64-73-56(55)37-21-40-62(73)77-71(52-31-15-5-16-32-52)69(50-27-11-3-12-28-50)70(51-29-13-4-14-30-51)72(78(64)77)53-33-17-6-18-34-53/h1-47H. The first-order valence-corrected chi connectivity index (χ1v) is 28.8. The van der Waals surface area contributed by atoms with Crippen LogP contribution in [0.5, 0.6) is 0 Å². The number of hydrogen-bond donors (Lipinski definition) is 0. The maximum absolute atomic E-state index is 5.46. The van der Waals surface area contributed by atoms with Gasteiger partial charge in [0, 0.05) is 5.56 Å². The molecule has 81 heavy (non-hydrogen) atoms. The van der Waals surface area contributed by atoms with Crippen LogP contribution in [0, 0.1) is 0 Å². The molecule has 0 unspecified atom stereocenters. The summed E-state index contributed by atoms with van der Waals surface area (Å²) in [5, 5.41) is 8.62. The Kier molecular flexibility index (Phi) is 10.3. The van der Waals surface area contributed by atoms with Crippen LogP contribution in [0.3, 0.4) is 0 Å². The van der Waals surface area contributed by atoms with E-state index in [1.165, 1.54) is 159 Å². The summed E-state index contributed by atoms with van der Waals surface area (Å²) in [7, 11) is 0. The average molecular weight is 1040 g/mol. The molecule has 0 spiro atoms. The molecular formula is C79H47NS. The van der Waals surface area contributed by atoms with Gasteiger partial charge in [0.05, 0.1) is 10.2 Å². The topological polar surface area (TPSA) is 12.9 Å². The van der Waals surface area contributed by atoms with Crippen LogP contribution in [0.4, 0.5) is 0 Å². The smallest absolute Gasteiger partial charge is 0.125 e. The Morgan fingerprint density at radius 2 is 0.531 bits per heavy atom. The summed E-state index contributed by atoms with van der Waals surface area (Å²) in [5.41, 5.74) is 29.7. The van der Waals surface area contributed by atoms with E-state index in [0.717, 1.165) is 16.1 Å². The van der Waals surface area contributed by atoms with Crippen molar-refractivity contribution in [1.29, 1.82) is 0 Å². The predicted molar refractivity (Wildman–Crippen MR) is 344 cm³/mol. The SMILES string of the molecule is c1ccc(-c2c(-c3ccccc3)c(-c3ccccc3)c3c(c2-c2ccccc2)-c2cccc4c(-c5ccc6nc(-c7ccc8c9c(cccc79)-c7c-8c(-c8ccccc8)c8ccccc8c7-c7ccccc7)sc6c5)ccc-3c24)cc1. The van der Waals surface area contributed by atoms with Crippen LogP contribution in [0.25, 0.3) is 176 Å². The zero-order chi connectivity index (χ0) is 53.1. The lowest BCUT2D eigenvalue weighted by molar-refractivity contribution is 1.49. The summed E-state index contributed by atoms with van der Waals surface area (Å²) in [5.74, 6) is 0.